The third-order valence-electron chi connectivity index (χ3n) is 6.44. The van der Waals surface area contributed by atoms with E-state index in [1.54, 1.807) is 13.0 Å². The predicted molar refractivity (Wildman–Crippen MR) is 139 cm³/mol. The zero-order chi connectivity index (χ0) is 25.7. The quantitative estimate of drug-likeness (QED) is 0.413. The number of nitrogens with one attached hydrogen (secondary N) is 2. The average molecular weight is 487 g/mol. The number of hydrogen-bond acceptors (Lipinski definition) is 5. The zero-order valence-corrected chi connectivity index (χ0v) is 20.7. The number of urea groups is 1. The van der Waals surface area contributed by atoms with Crippen molar-refractivity contribution in [3.63, 3.8) is 0 Å². The average Bonchev–Trinajstić information content (AvgIpc) is 2.86. The number of fused-ring (bicyclic) bond motifs is 1. The summed E-state index contributed by atoms with van der Waals surface area (Å²) < 4.78 is 10.6. The van der Waals surface area contributed by atoms with Gasteiger partial charge in [0.25, 0.3) is 0 Å². The van der Waals surface area contributed by atoms with Crippen molar-refractivity contribution in [3.8, 4) is 11.1 Å². The minimum Gasteiger partial charge on any atom is -0.466 e. The van der Waals surface area contributed by atoms with Crippen LogP contribution in [-0.2, 0) is 20.7 Å². The summed E-state index contributed by atoms with van der Waals surface area (Å²) >= 11 is 0. The number of aryl methyl sites for hydroxylation is 2. The maximum atomic E-state index is 13.3. The van der Waals surface area contributed by atoms with Crippen molar-refractivity contribution in [1.29, 1.82) is 0 Å². The zero-order valence-electron chi connectivity index (χ0n) is 20.7. The molecule has 0 fully saturated rings. The van der Waals surface area contributed by atoms with Crippen LogP contribution in [0.5, 0.6) is 0 Å². The second kappa shape index (κ2) is 10.7. The van der Waals surface area contributed by atoms with Gasteiger partial charge in [0.1, 0.15) is 5.60 Å². The molecule has 0 bridgehead atoms. The Morgan fingerprint density at radius 2 is 1.67 bits per heavy atom. The van der Waals surface area contributed by atoms with Crippen molar-refractivity contribution >= 4 is 29.2 Å². The van der Waals surface area contributed by atoms with Gasteiger partial charge in [0.05, 0.1) is 13.0 Å². The molecule has 1 unspecified atom stereocenters. The van der Waals surface area contributed by atoms with Gasteiger partial charge in [0.2, 0.25) is 0 Å². The number of rotatable bonds is 7. The van der Waals surface area contributed by atoms with E-state index < -0.39 is 11.6 Å². The van der Waals surface area contributed by atoms with Gasteiger partial charge >= 0.3 is 12.0 Å². The number of Topliss-reactive ketones (excluding diaryl/α,β-unsaturated/α-hetero) is 1. The molecule has 0 heterocycles. The fourth-order valence-corrected chi connectivity index (χ4v) is 4.54. The fourth-order valence-electron chi connectivity index (χ4n) is 4.54. The number of anilines is 2. The Hall–Kier alpha value is -3.97. The summed E-state index contributed by atoms with van der Waals surface area (Å²) in [6.45, 7) is 3.97. The summed E-state index contributed by atoms with van der Waals surface area (Å²) in [7, 11) is 1.47. The monoisotopic (exact) mass is 486 g/mol. The van der Waals surface area contributed by atoms with E-state index >= 15 is 0 Å². The minimum atomic E-state index is -1.19. The fraction of sp³-hybridized carbons (Fsp3) is 0.276. The standard InChI is InChI=1S/C29H30N2O5/c1-4-36-26(32)18-29(35-3)15-14-22-17-21(10-13-25(22)27(29)33)20-8-11-23(12-9-20)30-28(34)31-24-7-5-6-19(2)16-24/h5-13,16-17H,4,14-15,18H2,1-3H3,(H2,30,31,34). The van der Waals surface area contributed by atoms with Crippen molar-refractivity contribution in [3.05, 3.63) is 83.4 Å². The molecule has 1 aliphatic rings. The molecule has 0 saturated heterocycles. The molecule has 186 valence electrons. The highest BCUT2D eigenvalue weighted by Crippen LogP contribution is 2.36. The van der Waals surface area contributed by atoms with Crippen LogP contribution in [-0.4, -0.2) is 37.1 Å². The Morgan fingerprint density at radius 1 is 0.944 bits per heavy atom. The van der Waals surface area contributed by atoms with Gasteiger partial charge in [-0.25, -0.2) is 4.79 Å². The molecular formula is C29H30N2O5. The van der Waals surface area contributed by atoms with Crippen LogP contribution >= 0.6 is 0 Å². The molecule has 0 spiro atoms. The van der Waals surface area contributed by atoms with E-state index in [2.05, 4.69) is 10.6 Å². The molecule has 0 saturated carbocycles. The Morgan fingerprint density at radius 3 is 2.36 bits per heavy atom. The van der Waals surface area contributed by atoms with Crippen LogP contribution in [0.3, 0.4) is 0 Å². The number of carbonyl (C=O) groups excluding carboxylic acids is 3. The highest BCUT2D eigenvalue weighted by Gasteiger charge is 2.45. The molecule has 1 atom stereocenters. The molecule has 3 aromatic carbocycles. The highest BCUT2D eigenvalue weighted by atomic mass is 16.5. The number of ether oxygens (including phenoxy) is 2. The lowest BCUT2D eigenvalue weighted by Crippen LogP contribution is -2.46. The molecule has 7 nitrogen and oxygen atoms in total. The van der Waals surface area contributed by atoms with Crippen LogP contribution in [0, 0.1) is 6.92 Å². The van der Waals surface area contributed by atoms with Crippen LogP contribution < -0.4 is 10.6 Å². The molecule has 0 radical (unpaired) electrons. The number of amides is 2. The second-order valence-corrected chi connectivity index (χ2v) is 8.91. The molecule has 0 aromatic heterocycles. The lowest BCUT2D eigenvalue weighted by Gasteiger charge is -2.34. The first-order chi connectivity index (χ1) is 17.3. The van der Waals surface area contributed by atoms with Crippen LogP contribution in [0.25, 0.3) is 11.1 Å². The van der Waals surface area contributed by atoms with E-state index in [1.807, 2.05) is 67.6 Å². The van der Waals surface area contributed by atoms with E-state index in [0.717, 1.165) is 27.9 Å². The maximum Gasteiger partial charge on any atom is 0.323 e. The van der Waals surface area contributed by atoms with E-state index in [-0.39, 0.29) is 24.8 Å². The Labute approximate surface area is 210 Å². The molecule has 4 rings (SSSR count). The van der Waals surface area contributed by atoms with Crippen LogP contribution in [0.1, 0.15) is 41.3 Å². The predicted octanol–water partition coefficient (Wildman–Crippen LogP) is 5.77. The van der Waals surface area contributed by atoms with Crippen LogP contribution in [0.15, 0.2) is 66.7 Å². The number of benzene rings is 3. The van der Waals surface area contributed by atoms with Gasteiger partial charge in [-0.1, -0.05) is 42.5 Å². The lowest BCUT2D eigenvalue weighted by atomic mass is 9.76. The summed E-state index contributed by atoms with van der Waals surface area (Å²) in [5.74, 6) is -0.626. The van der Waals surface area contributed by atoms with Gasteiger partial charge in [-0.3, -0.25) is 9.59 Å². The van der Waals surface area contributed by atoms with Gasteiger partial charge < -0.3 is 20.1 Å². The van der Waals surface area contributed by atoms with Crippen molar-refractivity contribution in [2.75, 3.05) is 24.4 Å². The second-order valence-electron chi connectivity index (χ2n) is 8.91. The first kappa shape index (κ1) is 25.1. The highest BCUT2D eigenvalue weighted by molar-refractivity contribution is 6.06. The molecule has 7 heteroatoms. The van der Waals surface area contributed by atoms with Crippen LogP contribution in [0.2, 0.25) is 0 Å². The van der Waals surface area contributed by atoms with Crippen molar-refractivity contribution < 1.29 is 23.9 Å². The van der Waals surface area contributed by atoms with Gasteiger partial charge in [0.15, 0.2) is 5.78 Å². The van der Waals surface area contributed by atoms with Crippen LogP contribution in [0.4, 0.5) is 16.2 Å². The number of ketones is 1. The smallest absolute Gasteiger partial charge is 0.323 e. The summed E-state index contributed by atoms with van der Waals surface area (Å²) in [4.78, 5) is 37.7. The third-order valence-corrected chi connectivity index (χ3v) is 6.44. The van der Waals surface area contributed by atoms with Crippen molar-refractivity contribution in [2.45, 2.75) is 38.7 Å². The maximum absolute atomic E-state index is 13.3. The van der Waals surface area contributed by atoms with Gasteiger partial charge in [-0.2, -0.15) is 0 Å². The minimum absolute atomic E-state index is 0.0940. The Balaban J connectivity index is 1.46. The van der Waals surface area contributed by atoms with E-state index in [0.29, 0.717) is 24.1 Å². The summed E-state index contributed by atoms with van der Waals surface area (Å²) in [5.41, 5.74) is 4.70. The Bertz CT molecular complexity index is 1290. The summed E-state index contributed by atoms with van der Waals surface area (Å²) in [6, 6.07) is 20.5. The number of hydrogen-bond donors (Lipinski definition) is 2. The number of methoxy groups -OCH3 is 1. The van der Waals surface area contributed by atoms with Gasteiger partial charge in [-0.05, 0) is 73.2 Å². The van der Waals surface area contributed by atoms with Gasteiger partial charge in [0, 0.05) is 24.0 Å². The number of esters is 1. The first-order valence-corrected chi connectivity index (χ1v) is 12.0. The SMILES string of the molecule is CCOC(=O)CC1(OC)CCc2cc(-c3ccc(NC(=O)Nc4cccc(C)c4)cc3)ccc2C1=O. The van der Waals surface area contributed by atoms with Crippen molar-refractivity contribution in [1.82, 2.24) is 0 Å². The largest absolute Gasteiger partial charge is 0.466 e. The molecule has 1 aliphatic carbocycles. The summed E-state index contributed by atoms with van der Waals surface area (Å²) in [6.07, 6.45) is 0.931. The van der Waals surface area contributed by atoms with Gasteiger partial charge in [-0.15, -0.1) is 0 Å². The topological polar surface area (TPSA) is 93.7 Å². The van der Waals surface area contributed by atoms with E-state index in [4.69, 9.17) is 9.47 Å². The first-order valence-electron chi connectivity index (χ1n) is 12.0. The molecule has 36 heavy (non-hydrogen) atoms. The lowest BCUT2D eigenvalue weighted by molar-refractivity contribution is -0.148. The normalized spacial score (nSPS) is 16.7. The van der Waals surface area contributed by atoms with Crippen molar-refractivity contribution in [2.24, 2.45) is 0 Å². The molecule has 3 aromatic rings. The molecular weight excluding hydrogens is 456 g/mol. The van der Waals surface area contributed by atoms with E-state index in [1.165, 1.54) is 7.11 Å². The Kier molecular flexibility index (Phi) is 7.50. The van der Waals surface area contributed by atoms with E-state index in [9.17, 15) is 14.4 Å². The molecule has 0 aliphatic heterocycles. The molecule has 2 N–H and O–H groups in total. The molecule has 2 amide bonds. The summed E-state index contributed by atoms with van der Waals surface area (Å²) in [5, 5.41) is 5.66. The third kappa shape index (κ3) is 5.47. The number of carbonyl (C=O) groups is 3.